The van der Waals surface area contributed by atoms with Crippen molar-refractivity contribution in [2.24, 2.45) is 5.92 Å². The first-order valence-electron chi connectivity index (χ1n) is 6.16. The van der Waals surface area contributed by atoms with Crippen molar-refractivity contribution in [2.45, 2.75) is 32.7 Å². The number of esters is 1. The minimum atomic E-state index is -3.94. The molecule has 0 radical (unpaired) electrons. The molecule has 0 amide bonds. The second-order valence-electron chi connectivity index (χ2n) is 4.66. The molecule has 0 spiro atoms. The Kier molecular flexibility index (Phi) is 5.30. The molecule has 2 atom stereocenters. The van der Waals surface area contributed by atoms with Gasteiger partial charge in [0.05, 0.1) is 6.61 Å². The van der Waals surface area contributed by atoms with Crippen LogP contribution in [0.4, 0.5) is 0 Å². The van der Waals surface area contributed by atoms with Crippen molar-refractivity contribution in [1.82, 2.24) is 4.31 Å². The average Bonchev–Trinajstić information content (AvgIpc) is 2.27. The zero-order chi connectivity index (χ0) is 14.6. The van der Waals surface area contributed by atoms with E-state index in [1.54, 1.807) is 6.92 Å². The summed E-state index contributed by atoms with van der Waals surface area (Å²) in [4.78, 5) is 22.4. The molecule has 1 heterocycles. The molecular formula is C11H19NO6S. The summed E-state index contributed by atoms with van der Waals surface area (Å²) < 4.78 is 29.6. The summed E-state index contributed by atoms with van der Waals surface area (Å²) in [6, 6.07) is -1.09. The largest absolute Gasteiger partial charge is 0.480 e. The van der Waals surface area contributed by atoms with Gasteiger partial charge in [0.1, 0.15) is 6.04 Å². The molecule has 0 aromatic rings. The van der Waals surface area contributed by atoms with Crippen LogP contribution in [0.2, 0.25) is 0 Å². The smallest absolute Gasteiger partial charge is 0.322 e. The third kappa shape index (κ3) is 4.17. The Balaban J connectivity index is 2.85. The summed E-state index contributed by atoms with van der Waals surface area (Å²) in [5, 5.41) is 9.10. The van der Waals surface area contributed by atoms with Crippen LogP contribution in [0.1, 0.15) is 26.7 Å². The van der Waals surface area contributed by atoms with Crippen LogP contribution in [0, 0.1) is 5.92 Å². The number of carbonyl (C=O) groups excluding carboxylic acids is 1. The highest BCUT2D eigenvalue weighted by molar-refractivity contribution is 7.89. The Hall–Kier alpha value is -1.15. The fourth-order valence-corrected chi connectivity index (χ4v) is 3.61. The molecule has 7 nitrogen and oxygen atoms in total. The van der Waals surface area contributed by atoms with Gasteiger partial charge in [-0.15, -0.1) is 0 Å². The van der Waals surface area contributed by atoms with Crippen molar-refractivity contribution >= 4 is 22.0 Å². The molecule has 0 aromatic carbocycles. The van der Waals surface area contributed by atoms with Crippen LogP contribution in [0.5, 0.6) is 0 Å². The lowest BCUT2D eigenvalue weighted by Gasteiger charge is -2.34. The van der Waals surface area contributed by atoms with E-state index in [-0.39, 0.29) is 25.5 Å². The molecule has 0 saturated carbocycles. The van der Waals surface area contributed by atoms with Crippen LogP contribution >= 0.6 is 0 Å². The van der Waals surface area contributed by atoms with E-state index in [1.807, 2.05) is 6.92 Å². The fraction of sp³-hybridized carbons (Fsp3) is 0.818. The Morgan fingerprint density at radius 1 is 1.42 bits per heavy atom. The van der Waals surface area contributed by atoms with Crippen LogP contribution < -0.4 is 0 Å². The van der Waals surface area contributed by atoms with E-state index in [0.717, 1.165) is 4.31 Å². The van der Waals surface area contributed by atoms with Gasteiger partial charge in [0.2, 0.25) is 10.0 Å². The Bertz CT molecular complexity index is 446. The van der Waals surface area contributed by atoms with E-state index >= 15 is 0 Å². The van der Waals surface area contributed by atoms with Gasteiger partial charge in [-0.3, -0.25) is 9.59 Å². The van der Waals surface area contributed by atoms with Gasteiger partial charge in [0.15, 0.2) is 5.75 Å². The van der Waals surface area contributed by atoms with Gasteiger partial charge in [-0.2, -0.15) is 4.31 Å². The van der Waals surface area contributed by atoms with Crippen LogP contribution in [-0.2, 0) is 24.3 Å². The first-order chi connectivity index (χ1) is 8.77. The number of aliphatic carboxylic acids is 1. The van der Waals surface area contributed by atoms with E-state index in [1.165, 1.54) is 0 Å². The highest BCUT2D eigenvalue weighted by Gasteiger charge is 2.39. The fourth-order valence-electron chi connectivity index (χ4n) is 2.11. The molecule has 1 fully saturated rings. The zero-order valence-corrected chi connectivity index (χ0v) is 11.9. The van der Waals surface area contributed by atoms with Crippen molar-refractivity contribution < 1.29 is 27.9 Å². The number of ether oxygens (including phenoxy) is 1. The van der Waals surface area contributed by atoms with E-state index in [9.17, 15) is 18.0 Å². The topological polar surface area (TPSA) is 101 Å². The molecule has 2 unspecified atom stereocenters. The third-order valence-electron chi connectivity index (χ3n) is 3.06. The van der Waals surface area contributed by atoms with E-state index in [0.29, 0.717) is 6.42 Å². The summed E-state index contributed by atoms with van der Waals surface area (Å²) in [6.45, 7) is 3.67. The van der Waals surface area contributed by atoms with Gasteiger partial charge in [-0.25, -0.2) is 8.42 Å². The van der Waals surface area contributed by atoms with Gasteiger partial charge >= 0.3 is 11.9 Å². The van der Waals surface area contributed by atoms with Crippen LogP contribution in [-0.4, -0.2) is 54.7 Å². The maximum absolute atomic E-state index is 12.1. The van der Waals surface area contributed by atoms with Crippen molar-refractivity contribution in [3.8, 4) is 0 Å². The second kappa shape index (κ2) is 6.33. The SMILES string of the molecule is CCOC(=O)CS(=O)(=O)N1CCC(C)CC1C(=O)O. The summed E-state index contributed by atoms with van der Waals surface area (Å²) in [5.41, 5.74) is 0. The monoisotopic (exact) mass is 293 g/mol. The second-order valence-corrected chi connectivity index (χ2v) is 6.58. The molecule has 1 saturated heterocycles. The molecule has 0 bridgehead atoms. The summed E-state index contributed by atoms with van der Waals surface area (Å²) >= 11 is 0. The number of carboxylic acid groups (broad SMARTS) is 1. The number of rotatable bonds is 5. The van der Waals surface area contributed by atoms with E-state index < -0.39 is 33.8 Å². The van der Waals surface area contributed by atoms with Crippen LogP contribution in [0.3, 0.4) is 0 Å². The average molecular weight is 293 g/mol. The highest BCUT2D eigenvalue weighted by Crippen LogP contribution is 2.25. The number of piperidine rings is 1. The molecule has 8 heteroatoms. The van der Waals surface area contributed by atoms with Crippen molar-refractivity contribution in [3.05, 3.63) is 0 Å². The Labute approximate surface area is 112 Å². The van der Waals surface area contributed by atoms with Gasteiger partial charge < -0.3 is 9.84 Å². The normalized spacial score (nSPS) is 24.9. The highest BCUT2D eigenvalue weighted by atomic mass is 32.2. The van der Waals surface area contributed by atoms with Crippen molar-refractivity contribution in [2.75, 3.05) is 18.9 Å². The molecule has 19 heavy (non-hydrogen) atoms. The zero-order valence-electron chi connectivity index (χ0n) is 11.0. The quantitative estimate of drug-likeness (QED) is 0.720. The molecule has 1 rings (SSSR count). The molecular weight excluding hydrogens is 274 g/mol. The number of carboxylic acids is 1. The van der Waals surface area contributed by atoms with Crippen molar-refractivity contribution in [1.29, 1.82) is 0 Å². The Morgan fingerprint density at radius 2 is 2.05 bits per heavy atom. The summed E-state index contributed by atoms with van der Waals surface area (Å²) in [5.74, 6) is -2.70. The molecule has 1 N–H and O–H groups in total. The molecule has 1 aliphatic rings. The predicted molar refractivity (Wildman–Crippen MR) is 66.9 cm³/mol. The number of hydrogen-bond donors (Lipinski definition) is 1. The lowest BCUT2D eigenvalue weighted by atomic mass is 9.94. The maximum atomic E-state index is 12.1. The lowest BCUT2D eigenvalue weighted by Crippen LogP contribution is -2.51. The molecule has 1 aliphatic heterocycles. The van der Waals surface area contributed by atoms with Crippen LogP contribution in [0.15, 0.2) is 0 Å². The number of sulfonamides is 1. The van der Waals surface area contributed by atoms with Crippen LogP contribution in [0.25, 0.3) is 0 Å². The lowest BCUT2D eigenvalue weighted by molar-refractivity contribution is -0.143. The third-order valence-corrected chi connectivity index (χ3v) is 4.82. The minimum Gasteiger partial charge on any atom is -0.480 e. The standard InChI is InChI=1S/C11H19NO6S/c1-3-18-10(13)7-19(16,17)12-5-4-8(2)6-9(12)11(14)15/h8-9H,3-7H2,1-2H3,(H,14,15). The first kappa shape index (κ1) is 15.9. The molecule has 0 aromatic heterocycles. The number of hydrogen-bond acceptors (Lipinski definition) is 5. The van der Waals surface area contributed by atoms with Gasteiger partial charge in [-0.1, -0.05) is 6.92 Å². The van der Waals surface area contributed by atoms with E-state index in [2.05, 4.69) is 4.74 Å². The van der Waals surface area contributed by atoms with Gasteiger partial charge in [0.25, 0.3) is 0 Å². The van der Waals surface area contributed by atoms with Gasteiger partial charge in [0, 0.05) is 6.54 Å². The van der Waals surface area contributed by atoms with Crippen molar-refractivity contribution in [3.63, 3.8) is 0 Å². The Morgan fingerprint density at radius 3 is 2.58 bits per heavy atom. The summed E-state index contributed by atoms with van der Waals surface area (Å²) in [6.07, 6.45) is 0.850. The number of carbonyl (C=O) groups is 2. The minimum absolute atomic E-state index is 0.0910. The molecule has 110 valence electrons. The predicted octanol–water partition coefficient (Wildman–Crippen LogP) is 0.0644. The van der Waals surface area contributed by atoms with Gasteiger partial charge in [-0.05, 0) is 25.7 Å². The summed E-state index contributed by atoms with van der Waals surface area (Å²) in [7, 11) is -3.94. The maximum Gasteiger partial charge on any atom is 0.322 e. The first-order valence-corrected chi connectivity index (χ1v) is 7.76. The number of nitrogens with zero attached hydrogens (tertiary/aromatic N) is 1. The molecule has 0 aliphatic carbocycles. The van der Waals surface area contributed by atoms with E-state index in [4.69, 9.17) is 5.11 Å².